The van der Waals surface area contributed by atoms with Gasteiger partial charge in [-0.05, 0) is 68.1 Å². The van der Waals surface area contributed by atoms with Crippen LogP contribution in [0.4, 0.5) is 0 Å². The van der Waals surface area contributed by atoms with Crippen molar-refractivity contribution < 1.29 is 9.90 Å². The lowest BCUT2D eigenvalue weighted by Gasteiger charge is -2.57. The maximum Gasteiger partial charge on any atom is 0.306 e. The number of carbonyl (C=O) groups is 1. The Bertz CT molecular complexity index is 582. The lowest BCUT2D eigenvalue weighted by molar-refractivity contribution is -0.143. The molecular formula is C23H41N3O2. The van der Waals surface area contributed by atoms with Gasteiger partial charge < -0.3 is 21.1 Å². The molecule has 5 atom stereocenters. The highest BCUT2D eigenvalue weighted by Crippen LogP contribution is 2.46. The second-order valence-electron chi connectivity index (χ2n) is 11.5. The Kier molecular flexibility index (Phi) is 5.56. The average molecular weight is 392 g/mol. The molecule has 0 radical (unpaired) electrons. The van der Waals surface area contributed by atoms with E-state index in [1.54, 1.807) is 0 Å². The first-order chi connectivity index (χ1) is 13.2. The molecule has 0 aromatic heterocycles. The van der Waals surface area contributed by atoms with E-state index in [0.717, 1.165) is 32.2 Å². The van der Waals surface area contributed by atoms with E-state index in [4.69, 9.17) is 0 Å². The van der Waals surface area contributed by atoms with Crippen LogP contribution in [-0.2, 0) is 4.79 Å². The number of aliphatic carboxylic acids is 1. The molecule has 2 heterocycles. The summed E-state index contributed by atoms with van der Waals surface area (Å²) < 4.78 is 0. The van der Waals surface area contributed by atoms with Gasteiger partial charge >= 0.3 is 5.97 Å². The molecule has 0 spiro atoms. The van der Waals surface area contributed by atoms with E-state index < -0.39 is 5.97 Å². The topological polar surface area (TPSA) is 73.4 Å². The Labute approximate surface area is 170 Å². The fraction of sp³-hybridized carbons (Fsp3) is 0.957. The summed E-state index contributed by atoms with van der Waals surface area (Å²) in [6.07, 6.45) is 8.93. The van der Waals surface area contributed by atoms with Gasteiger partial charge in [0.1, 0.15) is 0 Å². The largest absolute Gasteiger partial charge is 0.481 e. The fourth-order valence-electron chi connectivity index (χ4n) is 6.63. The van der Waals surface area contributed by atoms with Crippen molar-refractivity contribution in [3.05, 3.63) is 0 Å². The molecule has 2 saturated carbocycles. The number of piperazine rings is 1. The van der Waals surface area contributed by atoms with E-state index in [1.165, 1.54) is 25.7 Å². The standard InChI is InChI=1S/C23H41N3O2/c1-22(2)11-12-23(3,4)20-19(22)24-13-18(26-20)17-10-9-16(25-17)14-5-7-15(8-6-14)21(27)28/h14-20,24-26H,5-13H2,1-4H3,(H,27,28). The molecule has 5 nitrogen and oxygen atoms in total. The average Bonchev–Trinajstić information content (AvgIpc) is 3.15. The molecule has 5 heteroatoms. The quantitative estimate of drug-likeness (QED) is 0.595. The highest BCUT2D eigenvalue weighted by Gasteiger charge is 2.51. The third-order valence-corrected chi connectivity index (χ3v) is 8.77. The number of fused-ring (bicyclic) bond motifs is 1. The Morgan fingerprint density at radius 1 is 0.786 bits per heavy atom. The number of rotatable bonds is 3. The Morgan fingerprint density at radius 2 is 1.39 bits per heavy atom. The molecule has 5 unspecified atom stereocenters. The zero-order valence-electron chi connectivity index (χ0n) is 18.3. The van der Waals surface area contributed by atoms with Gasteiger partial charge in [0, 0.05) is 36.8 Å². The van der Waals surface area contributed by atoms with Crippen LogP contribution < -0.4 is 16.0 Å². The summed E-state index contributed by atoms with van der Waals surface area (Å²) in [5.74, 6) is -0.0396. The SMILES string of the molecule is CC1(C)CCC(C)(C)C2NC(C3CCC(C4CCC(C(=O)O)CC4)N3)CNC21. The van der Waals surface area contributed by atoms with E-state index in [1.807, 2.05) is 0 Å². The van der Waals surface area contributed by atoms with Gasteiger partial charge in [0.15, 0.2) is 0 Å². The predicted octanol–water partition coefficient (Wildman–Crippen LogP) is 3.14. The summed E-state index contributed by atoms with van der Waals surface area (Å²) in [7, 11) is 0. The fourth-order valence-corrected chi connectivity index (χ4v) is 6.63. The monoisotopic (exact) mass is 391 g/mol. The summed E-state index contributed by atoms with van der Waals surface area (Å²) in [6, 6.07) is 2.69. The Morgan fingerprint density at radius 3 is 2.04 bits per heavy atom. The highest BCUT2D eigenvalue weighted by atomic mass is 16.4. The predicted molar refractivity (Wildman–Crippen MR) is 112 cm³/mol. The minimum absolute atomic E-state index is 0.105. The lowest BCUT2D eigenvalue weighted by Crippen LogP contribution is -2.73. The van der Waals surface area contributed by atoms with Crippen molar-refractivity contribution in [1.82, 2.24) is 16.0 Å². The van der Waals surface area contributed by atoms with E-state index in [0.29, 0.717) is 47.0 Å². The van der Waals surface area contributed by atoms with Crippen LogP contribution in [0.25, 0.3) is 0 Å². The first kappa shape index (κ1) is 20.6. The third kappa shape index (κ3) is 3.87. The highest BCUT2D eigenvalue weighted by molar-refractivity contribution is 5.70. The van der Waals surface area contributed by atoms with E-state index in [-0.39, 0.29) is 5.92 Å². The summed E-state index contributed by atoms with van der Waals surface area (Å²) in [5.41, 5.74) is 0.686. The molecule has 4 fully saturated rings. The van der Waals surface area contributed by atoms with Crippen LogP contribution in [0.15, 0.2) is 0 Å². The van der Waals surface area contributed by atoms with Crippen LogP contribution >= 0.6 is 0 Å². The zero-order chi connectivity index (χ0) is 20.1. The molecule has 4 aliphatic rings. The molecule has 4 rings (SSSR count). The third-order valence-electron chi connectivity index (χ3n) is 8.77. The van der Waals surface area contributed by atoms with E-state index >= 15 is 0 Å². The van der Waals surface area contributed by atoms with Crippen LogP contribution in [0.1, 0.15) is 79.1 Å². The molecule has 2 aliphatic heterocycles. The van der Waals surface area contributed by atoms with Gasteiger partial charge in [-0.2, -0.15) is 0 Å². The number of nitrogens with one attached hydrogen (secondary N) is 3. The van der Waals surface area contributed by atoms with Gasteiger partial charge in [-0.15, -0.1) is 0 Å². The number of carboxylic acids is 1. The normalized spacial score (nSPS) is 45.4. The molecule has 28 heavy (non-hydrogen) atoms. The first-order valence-electron chi connectivity index (χ1n) is 11.7. The van der Waals surface area contributed by atoms with Crippen LogP contribution in [-0.4, -0.2) is 47.8 Å². The zero-order valence-corrected chi connectivity index (χ0v) is 18.3. The van der Waals surface area contributed by atoms with E-state index in [9.17, 15) is 9.90 Å². The second kappa shape index (κ2) is 7.55. The molecule has 2 aliphatic carbocycles. The first-order valence-corrected chi connectivity index (χ1v) is 11.7. The van der Waals surface area contributed by atoms with Crippen molar-refractivity contribution >= 4 is 5.97 Å². The molecule has 0 aromatic carbocycles. The maximum atomic E-state index is 11.2. The number of carboxylic acid groups (broad SMARTS) is 1. The number of hydrogen-bond donors (Lipinski definition) is 4. The molecule has 2 saturated heterocycles. The molecule has 160 valence electrons. The maximum absolute atomic E-state index is 11.2. The summed E-state index contributed by atoms with van der Waals surface area (Å²) in [6.45, 7) is 10.8. The van der Waals surface area contributed by atoms with Crippen LogP contribution in [0.2, 0.25) is 0 Å². The summed E-state index contributed by atoms with van der Waals surface area (Å²) >= 11 is 0. The molecule has 0 aromatic rings. The second-order valence-corrected chi connectivity index (χ2v) is 11.5. The lowest BCUT2D eigenvalue weighted by atomic mass is 9.60. The van der Waals surface area contributed by atoms with Crippen LogP contribution in [0.3, 0.4) is 0 Å². The van der Waals surface area contributed by atoms with Crippen molar-refractivity contribution in [2.24, 2.45) is 22.7 Å². The van der Waals surface area contributed by atoms with Gasteiger partial charge in [0.2, 0.25) is 0 Å². The molecule has 0 bridgehead atoms. The van der Waals surface area contributed by atoms with Crippen molar-refractivity contribution in [3.63, 3.8) is 0 Å². The Hall–Kier alpha value is -0.650. The minimum atomic E-state index is -0.597. The van der Waals surface area contributed by atoms with Gasteiger partial charge in [0.05, 0.1) is 5.92 Å². The minimum Gasteiger partial charge on any atom is -0.481 e. The van der Waals surface area contributed by atoms with E-state index in [2.05, 4.69) is 43.6 Å². The Balaban J connectivity index is 1.34. The van der Waals surface area contributed by atoms with Gasteiger partial charge in [-0.3, -0.25) is 4.79 Å². The summed E-state index contributed by atoms with van der Waals surface area (Å²) in [4.78, 5) is 11.2. The molecule has 0 amide bonds. The van der Waals surface area contributed by atoms with Crippen LogP contribution in [0, 0.1) is 22.7 Å². The number of hydrogen-bond acceptors (Lipinski definition) is 4. The van der Waals surface area contributed by atoms with Crippen molar-refractivity contribution in [2.75, 3.05) is 6.54 Å². The summed E-state index contributed by atoms with van der Waals surface area (Å²) in [5, 5.41) is 21.2. The van der Waals surface area contributed by atoms with Crippen molar-refractivity contribution in [1.29, 1.82) is 0 Å². The van der Waals surface area contributed by atoms with Crippen molar-refractivity contribution in [3.8, 4) is 0 Å². The van der Waals surface area contributed by atoms with Crippen molar-refractivity contribution in [2.45, 2.75) is 109 Å². The van der Waals surface area contributed by atoms with Crippen LogP contribution in [0.5, 0.6) is 0 Å². The van der Waals surface area contributed by atoms with Gasteiger partial charge in [-0.25, -0.2) is 0 Å². The van der Waals surface area contributed by atoms with Gasteiger partial charge in [0.25, 0.3) is 0 Å². The molecule has 4 N–H and O–H groups in total. The van der Waals surface area contributed by atoms with Gasteiger partial charge in [-0.1, -0.05) is 27.7 Å². The smallest absolute Gasteiger partial charge is 0.306 e. The molecular weight excluding hydrogens is 350 g/mol.